The first-order valence-corrected chi connectivity index (χ1v) is 10.3. The van der Waals surface area contributed by atoms with Crippen LogP contribution in [0.5, 0.6) is 0 Å². The summed E-state index contributed by atoms with van der Waals surface area (Å²) in [5, 5.41) is 8.96. The maximum absolute atomic E-state index is 12.9. The minimum atomic E-state index is 0.133. The van der Waals surface area contributed by atoms with Gasteiger partial charge in [-0.2, -0.15) is 0 Å². The van der Waals surface area contributed by atoms with Crippen LogP contribution in [-0.4, -0.2) is 83.1 Å². The summed E-state index contributed by atoms with van der Waals surface area (Å²) in [7, 11) is 2.06. The highest BCUT2D eigenvalue weighted by Gasteiger charge is 2.32. The first-order chi connectivity index (χ1) is 13.2. The molecule has 4 heterocycles. The molecular formula is C19H31N5O3. The van der Waals surface area contributed by atoms with E-state index < -0.39 is 0 Å². The van der Waals surface area contributed by atoms with Crippen molar-refractivity contribution in [2.45, 2.75) is 38.1 Å². The third kappa shape index (κ3) is 4.33. The predicted molar refractivity (Wildman–Crippen MR) is 99.2 cm³/mol. The number of rotatable bonds is 4. The smallest absolute Gasteiger partial charge is 0.225 e. The number of hydrogen-bond acceptors (Lipinski definition) is 6. The summed E-state index contributed by atoms with van der Waals surface area (Å²) in [5.41, 5.74) is 0. The fourth-order valence-electron chi connectivity index (χ4n) is 4.42. The number of likely N-dealkylation sites (tertiary alicyclic amines) is 1. The van der Waals surface area contributed by atoms with Gasteiger partial charge in [-0.15, -0.1) is 10.2 Å². The topological polar surface area (TPSA) is 72.7 Å². The number of aromatic nitrogens is 3. The van der Waals surface area contributed by atoms with E-state index in [0.29, 0.717) is 19.1 Å². The van der Waals surface area contributed by atoms with Crippen molar-refractivity contribution in [1.82, 2.24) is 24.6 Å². The summed E-state index contributed by atoms with van der Waals surface area (Å²) in [6.45, 7) is 7.32. The molecular weight excluding hydrogens is 346 g/mol. The number of ether oxygens (including phenoxy) is 2. The van der Waals surface area contributed by atoms with Gasteiger partial charge in [0.1, 0.15) is 11.6 Å². The van der Waals surface area contributed by atoms with Gasteiger partial charge in [-0.1, -0.05) is 0 Å². The average Bonchev–Trinajstić information content (AvgIpc) is 3.09. The number of hydrogen-bond donors (Lipinski definition) is 0. The van der Waals surface area contributed by atoms with E-state index in [9.17, 15) is 4.79 Å². The number of nitrogens with zero attached hydrogens (tertiary/aromatic N) is 5. The van der Waals surface area contributed by atoms with Crippen LogP contribution < -0.4 is 0 Å². The molecule has 0 bridgehead atoms. The molecule has 0 spiro atoms. The molecule has 150 valence electrons. The van der Waals surface area contributed by atoms with Crippen molar-refractivity contribution in [1.29, 1.82) is 0 Å². The van der Waals surface area contributed by atoms with Gasteiger partial charge in [-0.25, -0.2) is 0 Å². The molecule has 0 aromatic carbocycles. The lowest BCUT2D eigenvalue weighted by Gasteiger charge is -2.35. The summed E-state index contributed by atoms with van der Waals surface area (Å²) in [5.74, 6) is 2.73. The molecule has 4 rings (SSSR count). The van der Waals surface area contributed by atoms with Crippen molar-refractivity contribution in [2.75, 3.05) is 52.6 Å². The second kappa shape index (κ2) is 8.67. The van der Waals surface area contributed by atoms with Crippen LogP contribution in [0.15, 0.2) is 0 Å². The normalized spacial score (nSPS) is 25.7. The fraction of sp³-hybridized carbons (Fsp3) is 0.842. The lowest BCUT2D eigenvalue weighted by atomic mass is 9.93. The Morgan fingerprint density at radius 3 is 2.56 bits per heavy atom. The standard InChI is InChI=1S/C19H31N5O3/c1-22-17(14-23-7-11-27-12-8-23)20-21-18(22)16-3-2-6-24(13-16)19(25)15-4-9-26-10-5-15/h15-16H,2-14H2,1H3/t16-/m1/s1. The Hall–Kier alpha value is -1.51. The van der Waals surface area contributed by atoms with Crippen molar-refractivity contribution in [3.05, 3.63) is 11.6 Å². The molecule has 3 saturated heterocycles. The SMILES string of the molecule is Cn1c(CN2CCOCC2)nnc1[C@@H]1CCCN(C(=O)C2CCOCC2)C1. The first kappa shape index (κ1) is 18.8. The minimum absolute atomic E-state index is 0.133. The lowest BCUT2D eigenvalue weighted by Crippen LogP contribution is -2.44. The second-order valence-electron chi connectivity index (χ2n) is 7.93. The summed E-state index contributed by atoms with van der Waals surface area (Å²) in [4.78, 5) is 17.3. The Morgan fingerprint density at radius 2 is 1.78 bits per heavy atom. The zero-order valence-electron chi connectivity index (χ0n) is 16.3. The monoisotopic (exact) mass is 377 g/mol. The van der Waals surface area contributed by atoms with Crippen LogP contribution in [0.3, 0.4) is 0 Å². The van der Waals surface area contributed by atoms with E-state index in [-0.39, 0.29) is 11.8 Å². The molecule has 3 fully saturated rings. The number of carbonyl (C=O) groups excluding carboxylic acids is 1. The minimum Gasteiger partial charge on any atom is -0.381 e. The average molecular weight is 377 g/mol. The molecule has 0 unspecified atom stereocenters. The number of piperidine rings is 1. The molecule has 0 saturated carbocycles. The predicted octanol–water partition coefficient (Wildman–Crippen LogP) is 0.780. The highest BCUT2D eigenvalue weighted by molar-refractivity contribution is 5.79. The molecule has 0 aliphatic carbocycles. The van der Waals surface area contributed by atoms with Crippen molar-refractivity contribution < 1.29 is 14.3 Å². The van der Waals surface area contributed by atoms with Gasteiger partial charge >= 0.3 is 0 Å². The van der Waals surface area contributed by atoms with Crippen LogP contribution in [0.2, 0.25) is 0 Å². The highest BCUT2D eigenvalue weighted by Crippen LogP contribution is 2.28. The van der Waals surface area contributed by atoms with Crippen LogP contribution in [0.4, 0.5) is 0 Å². The first-order valence-electron chi connectivity index (χ1n) is 10.3. The van der Waals surface area contributed by atoms with E-state index in [1.165, 1.54) is 0 Å². The molecule has 8 heteroatoms. The van der Waals surface area contributed by atoms with Gasteiger partial charge in [0.15, 0.2) is 0 Å². The van der Waals surface area contributed by atoms with E-state index in [0.717, 1.165) is 83.3 Å². The van der Waals surface area contributed by atoms with Crippen LogP contribution in [0.25, 0.3) is 0 Å². The zero-order chi connectivity index (χ0) is 18.6. The molecule has 1 atom stereocenters. The van der Waals surface area contributed by atoms with E-state index >= 15 is 0 Å². The van der Waals surface area contributed by atoms with Gasteiger partial charge in [-0.05, 0) is 25.7 Å². The maximum atomic E-state index is 12.9. The highest BCUT2D eigenvalue weighted by atomic mass is 16.5. The molecule has 1 aromatic rings. The molecule has 1 aromatic heterocycles. The molecule has 3 aliphatic heterocycles. The van der Waals surface area contributed by atoms with Crippen molar-refractivity contribution in [2.24, 2.45) is 13.0 Å². The van der Waals surface area contributed by atoms with Crippen LogP contribution in [0, 0.1) is 5.92 Å². The molecule has 0 radical (unpaired) electrons. The second-order valence-corrected chi connectivity index (χ2v) is 7.93. The van der Waals surface area contributed by atoms with Gasteiger partial charge < -0.3 is 18.9 Å². The van der Waals surface area contributed by atoms with Gasteiger partial charge in [0.2, 0.25) is 5.91 Å². The fourth-order valence-corrected chi connectivity index (χ4v) is 4.42. The number of amides is 1. The Bertz CT molecular complexity index is 637. The quantitative estimate of drug-likeness (QED) is 0.772. The lowest BCUT2D eigenvalue weighted by molar-refractivity contribution is -0.139. The molecule has 27 heavy (non-hydrogen) atoms. The van der Waals surface area contributed by atoms with E-state index in [1.807, 2.05) is 0 Å². The van der Waals surface area contributed by atoms with E-state index in [4.69, 9.17) is 9.47 Å². The molecule has 1 amide bonds. The summed E-state index contributed by atoms with van der Waals surface area (Å²) < 4.78 is 13.0. The van der Waals surface area contributed by atoms with Crippen LogP contribution in [-0.2, 0) is 27.9 Å². The van der Waals surface area contributed by atoms with Gasteiger partial charge in [0, 0.05) is 58.3 Å². The Balaban J connectivity index is 1.39. The number of carbonyl (C=O) groups is 1. The summed E-state index contributed by atoms with van der Waals surface area (Å²) >= 11 is 0. The molecule has 0 N–H and O–H groups in total. The number of morpholine rings is 1. The molecule has 3 aliphatic rings. The van der Waals surface area contributed by atoms with Gasteiger partial charge in [0.05, 0.1) is 19.8 Å². The van der Waals surface area contributed by atoms with E-state index in [1.54, 1.807) is 0 Å². The summed E-state index contributed by atoms with van der Waals surface area (Å²) in [6, 6.07) is 0. The zero-order valence-corrected chi connectivity index (χ0v) is 16.3. The van der Waals surface area contributed by atoms with Crippen LogP contribution in [0.1, 0.15) is 43.3 Å². The molecule has 8 nitrogen and oxygen atoms in total. The Labute approximate surface area is 160 Å². The largest absolute Gasteiger partial charge is 0.381 e. The Kier molecular flexibility index (Phi) is 6.04. The van der Waals surface area contributed by atoms with Crippen LogP contribution >= 0.6 is 0 Å². The summed E-state index contributed by atoms with van der Waals surface area (Å²) in [6.07, 6.45) is 3.81. The third-order valence-electron chi connectivity index (χ3n) is 6.14. The van der Waals surface area contributed by atoms with Gasteiger partial charge in [-0.3, -0.25) is 9.69 Å². The van der Waals surface area contributed by atoms with Gasteiger partial charge in [0.25, 0.3) is 0 Å². The van der Waals surface area contributed by atoms with Crippen molar-refractivity contribution in [3.8, 4) is 0 Å². The van der Waals surface area contributed by atoms with E-state index in [2.05, 4.69) is 31.6 Å². The third-order valence-corrected chi connectivity index (χ3v) is 6.14. The Morgan fingerprint density at radius 1 is 1.04 bits per heavy atom. The van der Waals surface area contributed by atoms with Crippen molar-refractivity contribution >= 4 is 5.91 Å². The maximum Gasteiger partial charge on any atom is 0.225 e. The van der Waals surface area contributed by atoms with Crippen molar-refractivity contribution in [3.63, 3.8) is 0 Å².